The Morgan fingerprint density at radius 1 is 1.18 bits per heavy atom. The predicted octanol–water partition coefficient (Wildman–Crippen LogP) is 0.886. The van der Waals surface area contributed by atoms with Crippen LogP contribution in [-0.2, 0) is 0 Å². The zero-order valence-corrected chi connectivity index (χ0v) is 10.6. The van der Waals surface area contributed by atoms with E-state index in [9.17, 15) is 4.79 Å². The summed E-state index contributed by atoms with van der Waals surface area (Å²) < 4.78 is 0. The van der Waals surface area contributed by atoms with Crippen molar-refractivity contribution in [2.75, 3.05) is 27.2 Å². The Balaban J connectivity index is 1.96. The fourth-order valence-corrected chi connectivity index (χ4v) is 2.04. The molecule has 0 unspecified atom stereocenters. The number of carbonyl (C=O) groups excluding carboxylic acids is 1. The Morgan fingerprint density at radius 3 is 2.24 bits per heavy atom. The van der Waals surface area contributed by atoms with Gasteiger partial charge in [-0.1, -0.05) is 17.7 Å². The van der Waals surface area contributed by atoms with Gasteiger partial charge in [0.1, 0.15) is 0 Å². The van der Waals surface area contributed by atoms with Crippen molar-refractivity contribution in [2.24, 2.45) is 0 Å². The van der Waals surface area contributed by atoms with E-state index in [2.05, 4.69) is 15.3 Å². The maximum Gasteiger partial charge on any atom is 0.251 e. The van der Waals surface area contributed by atoms with Gasteiger partial charge in [0.15, 0.2) is 0 Å². The molecule has 1 N–H and O–H groups in total. The van der Waals surface area contributed by atoms with E-state index >= 15 is 0 Å². The number of likely N-dealkylation sites (N-methyl/N-ethyl adjacent to an activating group) is 2. The van der Waals surface area contributed by atoms with E-state index in [-0.39, 0.29) is 11.9 Å². The number of hydrogen-bond acceptors (Lipinski definition) is 3. The molecule has 2 rings (SSSR count). The number of benzene rings is 1. The predicted molar refractivity (Wildman–Crippen MR) is 67.7 cm³/mol. The Hall–Kier alpha value is -1.39. The molecule has 4 nitrogen and oxygen atoms in total. The Bertz CT molecular complexity index is 392. The molecule has 1 aliphatic rings. The number of hydrazine groups is 1. The van der Waals surface area contributed by atoms with Gasteiger partial charge >= 0.3 is 0 Å². The third kappa shape index (κ3) is 2.84. The van der Waals surface area contributed by atoms with Crippen molar-refractivity contribution in [1.82, 2.24) is 15.3 Å². The largest absolute Gasteiger partial charge is 0.347 e. The summed E-state index contributed by atoms with van der Waals surface area (Å²) in [6.45, 7) is 3.75. The van der Waals surface area contributed by atoms with Crippen molar-refractivity contribution < 1.29 is 4.79 Å². The van der Waals surface area contributed by atoms with E-state index in [0.717, 1.165) is 18.7 Å². The van der Waals surface area contributed by atoms with E-state index in [1.807, 2.05) is 45.3 Å². The molecule has 1 aliphatic heterocycles. The molecule has 0 spiro atoms. The number of aryl methyl sites for hydroxylation is 1. The third-order valence-corrected chi connectivity index (χ3v) is 3.20. The quantitative estimate of drug-likeness (QED) is 0.824. The topological polar surface area (TPSA) is 35.6 Å². The van der Waals surface area contributed by atoms with Crippen LogP contribution >= 0.6 is 0 Å². The summed E-state index contributed by atoms with van der Waals surface area (Å²) in [5, 5.41) is 7.28. The fraction of sp³-hybridized carbons (Fsp3) is 0.462. The molecule has 0 aliphatic carbocycles. The summed E-state index contributed by atoms with van der Waals surface area (Å²) in [6, 6.07) is 7.86. The molecule has 1 fully saturated rings. The van der Waals surface area contributed by atoms with Gasteiger partial charge in [0.2, 0.25) is 0 Å². The lowest BCUT2D eigenvalue weighted by Crippen LogP contribution is -2.38. The van der Waals surface area contributed by atoms with Crippen LogP contribution < -0.4 is 5.32 Å². The molecule has 17 heavy (non-hydrogen) atoms. The van der Waals surface area contributed by atoms with Crippen LogP contribution in [0.3, 0.4) is 0 Å². The summed E-state index contributed by atoms with van der Waals surface area (Å²) in [6.07, 6.45) is 0. The van der Waals surface area contributed by atoms with Gasteiger partial charge in [-0.2, -0.15) is 0 Å². The number of amides is 1. The third-order valence-electron chi connectivity index (χ3n) is 3.20. The molecule has 1 aromatic rings. The Labute approximate surface area is 102 Å². The molecule has 92 valence electrons. The summed E-state index contributed by atoms with van der Waals surface area (Å²) >= 11 is 0. The van der Waals surface area contributed by atoms with Gasteiger partial charge in [0, 0.05) is 32.7 Å². The van der Waals surface area contributed by atoms with Gasteiger partial charge in [-0.3, -0.25) is 4.79 Å². The minimum absolute atomic E-state index is 0.0127. The van der Waals surface area contributed by atoms with Crippen molar-refractivity contribution in [3.8, 4) is 0 Å². The molecule has 1 aromatic carbocycles. The number of nitrogens with zero attached hydrogens (tertiary/aromatic N) is 2. The fourth-order valence-electron chi connectivity index (χ4n) is 2.04. The summed E-state index contributed by atoms with van der Waals surface area (Å²) in [5.74, 6) is 0.0127. The molecule has 0 atom stereocenters. The van der Waals surface area contributed by atoms with Crippen LogP contribution in [0, 0.1) is 6.92 Å². The lowest BCUT2D eigenvalue weighted by Gasteiger charge is -2.16. The number of carbonyl (C=O) groups is 1. The highest BCUT2D eigenvalue weighted by Crippen LogP contribution is 2.08. The molecule has 1 saturated heterocycles. The minimum atomic E-state index is 0.0127. The Morgan fingerprint density at radius 2 is 1.71 bits per heavy atom. The molecule has 0 aromatic heterocycles. The molecular formula is C13H19N3O. The number of nitrogens with one attached hydrogen (secondary N) is 1. The van der Waals surface area contributed by atoms with Gasteiger partial charge in [-0.25, -0.2) is 10.0 Å². The van der Waals surface area contributed by atoms with Crippen LogP contribution in [0.2, 0.25) is 0 Å². The highest BCUT2D eigenvalue weighted by Gasteiger charge is 2.25. The first-order chi connectivity index (χ1) is 8.06. The smallest absolute Gasteiger partial charge is 0.251 e. The highest BCUT2D eigenvalue weighted by atomic mass is 16.1. The lowest BCUT2D eigenvalue weighted by atomic mass is 10.1. The van der Waals surface area contributed by atoms with Crippen molar-refractivity contribution in [3.05, 3.63) is 35.4 Å². The van der Waals surface area contributed by atoms with Crippen molar-refractivity contribution in [1.29, 1.82) is 0 Å². The molecule has 0 bridgehead atoms. The Kier molecular flexibility index (Phi) is 3.45. The summed E-state index contributed by atoms with van der Waals surface area (Å²) in [5.41, 5.74) is 1.90. The van der Waals surface area contributed by atoms with E-state index in [1.54, 1.807) is 0 Å². The van der Waals surface area contributed by atoms with Gasteiger partial charge in [-0.15, -0.1) is 0 Å². The standard InChI is InChI=1S/C13H19N3O/c1-10-4-6-11(7-5-10)13(17)14-12-8-15(2)16(3)9-12/h4-7,12H,8-9H2,1-3H3,(H,14,17). The van der Waals surface area contributed by atoms with E-state index < -0.39 is 0 Å². The second-order valence-corrected chi connectivity index (χ2v) is 4.72. The number of rotatable bonds is 2. The average molecular weight is 233 g/mol. The molecule has 1 amide bonds. The normalized spacial score (nSPS) is 18.5. The summed E-state index contributed by atoms with van der Waals surface area (Å²) in [4.78, 5) is 12.0. The van der Waals surface area contributed by atoms with Crippen LogP contribution in [0.25, 0.3) is 0 Å². The van der Waals surface area contributed by atoms with Crippen LogP contribution in [-0.4, -0.2) is 49.2 Å². The second-order valence-electron chi connectivity index (χ2n) is 4.72. The maximum absolute atomic E-state index is 12.0. The van der Waals surface area contributed by atoms with E-state index in [4.69, 9.17) is 0 Å². The highest BCUT2D eigenvalue weighted by molar-refractivity contribution is 5.94. The van der Waals surface area contributed by atoms with Crippen molar-refractivity contribution >= 4 is 5.91 Å². The molecule has 0 radical (unpaired) electrons. The van der Waals surface area contributed by atoms with Gasteiger partial charge in [0.25, 0.3) is 5.91 Å². The zero-order chi connectivity index (χ0) is 12.4. The monoisotopic (exact) mass is 233 g/mol. The van der Waals surface area contributed by atoms with Crippen molar-refractivity contribution in [2.45, 2.75) is 13.0 Å². The molecular weight excluding hydrogens is 214 g/mol. The maximum atomic E-state index is 12.0. The first-order valence-electron chi connectivity index (χ1n) is 5.86. The van der Waals surface area contributed by atoms with Crippen LogP contribution in [0.5, 0.6) is 0 Å². The van der Waals surface area contributed by atoms with Crippen LogP contribution in [0.4, 0.5) is 0 Å². The first kappa shape index (κ1) is 12.1. The van der Waals surface area contributed by atoms with Crippen LogP contribution in [0.1, 0.15) is 15.9 Å². The van der Waals surface area contributed by atoms with Gasteiger partial charge in [0.05, 0.1) is 6.04 Å². The van der Waals surface area contributed by atoms with Crippen LogP contribution in [0.15, 0.2) is 24.3 Å². The minimum Gasteiger partial charge on any atom is -0.347 e. The van der Waals surface area contributed by atoms with E-state index in [0.29, 0.717) is 0 Å². The molecule has 1 heterocycles. The number of hydrogen-bond donors (Lipinski definition) is 1. The second kappa shape index (κ2) is 4.85. The summed E-state index contributed by atoms with van der Waals surface area (Å²) in [7, 11) is 4.05. The van der Waals surface area contributed by atoms with Gasteiger partial charge in [-0.05, 0) is 19.1 Å². The van der Waals surface area contributed by atoms with E-state index in [1.165, 1.54) is 5.56 Å². The first-order valence-corrected chi connectivity index (χ1v) is 5.86. The van der Waals surface area contributed by atoms with Crippen molar-refractivity contribution in [3.63, 3.8) is 0 Å². The van der Waals surface area contributed by atoms with Gasteiger partial charge < -0.3 is 5.32 Å². The molecule has 4 heteroatoms. The molecule has 0 saturated carbocycles. The lowest BCUT2D eigenvalue weighted by molar-refractivity contribution is 0.0894. The SMILES string of the molecule is Cc1ccc(C(=O)NC2CN(C)N(C)C2)cc1. The zero-order valence-electron chi connectivity index (χ0n) is 10.6. The average Bonchev–Trinajstić information content (AvgIpc) is 2.58.